The molecule has 1 saturated heterocycles. The van der Waals surface area contributed by atoms with Gasteiger partial charge in [-0.05, 0) is 60.9 Å². The van der Waals surface area contributed by atoms with Crippen molar-refractivity contribution in [1.29, 1.82) is 0 Å². The predicted molar refractivity (Wildman–Crippen MR) is 107 cm³/mol. The van der Waals surface area contributed by atoms with E-state index in [9.17, 15) is 0 Å². The number of halogens is 1. The Bertz CT molecular complexity index is 715. The molecule has 0 saturated carbocycles. The number of ether oxygens (including phenoxy) is 1. The highest BCUT2D eigenvalue weighted by molar-refractivity contribution is 6.30. The maximum Gasteiger partial charge on any atom is 0.120 e. The van der Waals surface area contributed by atoms with E-state index in [1.54, 1.807) is 7.11 Å². The van der Waals surface area contributed by atoms with Gasteiger partial charge in [0, 0.05) is 29.9 Å². The van der Waals surface area contributed by atoms with E-state index >= 15 is 0 Å². The average Bonchev–Trinajstić information content (AvgIpc) is 2.65. The maximum atomic E-state index is 6.15. The number of nitrogens with two attached hydrogens (primary N) is 1. The van der Waals surface area contributed by atoms with Gasteiger partial charge in [-0.15, -0.1) is 0 Å². The van der Waals surface area contributed by atoms with Crippen molar-refractivity contribution >= 4 is 17.3 Å². The molecule has 1 heterocycles. The lowest BCUT2D eigenvalue weighted by Crippen LogP contribution is -2.35. The van der Waals surface area contributed by atoms with Gasteiger partial charge < -0.3 is 10.5 Å². The molecule has 0 atom stereocenters. The van der Waals surface area contributed by atoms with Crippen molar-refractivity contribution in [2.24, 2.45) is 5.92 Å². The first kappa shape index (κ1) is 19.0. The fraction of sp³-hybridized carbons (Fsp3) is 0.429. The number of rotatable bonds is 7. The number of nitrogens with zero attached hydrogens (tertiary/aromatic N) is 1. The van der Waals surface area contributed by atoms with Gasteiger partial charge in [-0.3, -0.25) is 4.84 Å². The highest BCUT2D eigenvalue weighted by Crippen LogP contribution is 2.27. The summed E-state index contributed by atoms with van der Waals surface area (Å²) in [4.78, 5) is 5.93. The van der Waals surface area contributed by atoms with Crippen molar-refractivity contribution in [2.75, 3.05) is 32.5 Å². The monoisotopic (exact) mass is 374 g/mol. The lowest BCUT2D eigenvalue weighted by molar-refractivity contribution is -0.173. The van der Waals surface area contributed by atoms with Gasteiger partial charge in [0.05, 0.1) is 13.7 Å². The van der Waals surface area contributed by atoms with Crippen LogP contribution in [0.25, 0.3) is 0 Å². The van der Waals surface area contributed by atoms with Crippen molar-refractivity contribution in [2.45, 2.75) is 25.7 Å². The van der Waals surface area contributed by atoms with Crippen molar-refractivity contribution in [3.05, 3.63) is 58.6 Å². The van der Waals surface area contributed by atoms with Gasteiger partial charge in [0.15, 0.2) is 0 Å². The van der Waals surface area contributed by atoms with Crippen molar-refractivity contribution < 1.29 is 9.57 Å². The van der Waals surface area contributed by atoms with Gasteiger partial charge in [0.25, 0.3) is 0 Å². The molecule has 1 aliphatic heterocycles. The molecular formula is C21H27ClN2O2. The summed E-state index contributed by atoms with van der Waals surface area (Å²) in [5.74, 6) is 1.47. The van der Waals surface area contributed by atoms with Crippen LogP contribution in [0.15, 0.2) is 42.5 Å². The number of anilines is 1. The second kappa shape index (κ2) is 9.26. The van der Waals surface area contributed by atoms with Crippen LogP contribution in [-0.2, 0) is 17.7 Å². The zero-order chi connectivity index (χ0) is 18.4. The number of hydrogen-bond donors (Lipinski definition) is 1. The van der Waals surface area contributed by atoms with E-state index in [-0.39, 0.29) is 0 Å². The zero-order valence-electron chi connectivity index (χ0n) is 15.3. The normalized spacial score (nSPS) is 15.9. The average molecular weight is 375 g/mol. The van der Waals surface area contributed by atoms with Crippen LogP contribution in [-0.4, -0.2) is 31.9 Å². The van der Waals surface area contributed by atoms with Gasteiger partial charge >= 0.3 is 0 Å². The van der Waals surface area contributed by atoms with Crippen molar-refractivity contribution in [3.8, 4) is 5.75 Å². The van der Waals surface area contributed by atoms with Gasteiger partial charge in [-0.2, -0.15) is 5.06 Å². The third-order valence-electron chi connectivity index (χ3n) is 4.99. The number of piperidine rings is 1. The fourth-order valence-electron chi connectivity index (χ4n) is 3.42. The topological polar surface area (TPSA) is 47.7 Å². The standard InChI is InChI=1S/C21H27ClN2O2/c1-25-20-6-5-18(21(23)15-20)13-17-7-10-24(11-8-17)26-12-9-16-3-2-4-19(22)14-16/h2-6,14-15,17H,7-13,23H2,1H3. The number of nitrogen functional groups attached to an aromatic ring is 1. The van der Waals surface area contributed by atoms with E-state index in [1.165, 1.54) is 11.1 Å². The number of hydroxylamine groups is 2. The number of benzene rings is 2. The molecule has 4 nitrogen and oxygen atoms in total. The molecule has 26 heavy (non-hydrogen) atoms. The SMILES string of the molecule is COc1ccc(CC2CCN(OCCc3cccc(Cl)c3)CC2)c(N)c1. The Hall–Kier alpha value is -1.75. The van der Waals surface area contributed by atoms with E-state index in [0.717, 1.165) is 55.2 Å². The van der Waals surface area contributed by atoms with Crippen LogP contribution >= 0.6 is 11.6 Å². The van der Waals surface area contributed by atoms with Crippen LogP contribution in [0.5, 0.6) is 5.75 Å². The highest BCUT2D eigenvalue weighted by Gasteiger charge is 2.20. The summed E-state index contributed by atoms with van der Waals surface area (Å²) in [6.07, 6.45) is 4.15. The van der Waals surface area contributed by atoms with E-state index in [0.29, 0.717) is 12.5 Å². The molecule has 0 spiro atoms. The van der Waals surface area contributed by atoms with Gasteiger partial charge in [0.2, 0.25) is 0 Å². The minimum absolute atomic E-state index is 0.651. The largest absolute Gasteiger partial charge is 0.497 e. The predicted octanol–water partition coefficient (Wildman–Crippen LogP) is 4.36. The van der Waals surface area contributed by atoms with Crippen LogP contribution < -0.4 is 10.5 Å². The lowest BCUT2D eigenvalue weighted by atomic mass is 9.90. The Labute approximate surface area is 160 Å². The molecule has 140 valence electrons. The van der Waals surface area contributed by atoms with Crippen LogP contribution in [0.4, 0.5) is 5.69 Å². The summed E-state index contributed by atoms with van der Waals surface area (Å²) in [6, 6.07) is 13.9. The van der Waals surface area contributed by atoms with Gasteiger partial charge in [-0.1, -0.05) is 29.8 Å². The smallest absolute Gasteiger partial charge is 0.120 e. The minimum atomic E-state index is 0.651. The molecule has 0 amide bonds. The molecule has 2 aromatic carbocycles. The number of hydrogen-bond acceptors (Lipinski definition) is 4. The molecular weight excluding hydrogens is 348 g/mol. The summed E-state index contributed by atoms with van der Waals surface area (Å²) >= 11 is 6.02. The molecule has 0 aliphatic carbocycles. The van der Waals surface area contributed by atoms with Crippen LogP contribution in [0, 0.1) is 5.92 Å². The third kappa shape index (κ3) is 5.37. The molecule has 5 heteroatoms. The molecule has 3 rings (SSSR count). The molecule has 0 unspecified atom stereocenters. The van der Waals surface area contributed by atoms with Crippen molar-refractivity contribution in [3.63, 3.8) is 0 Å². The van der Waals surface area contributed by atoms with E-state index in [2.05, 4.69) is 17.2 Å². The molecule has 0 aromatic heterocycles. The second-order valence-electron chi connectivity index (χ2n) is 6.85. The summed E-state index contributed by atoms with van der Waals surface area (Å²) in [6.45, 7) is 2.63. The summed E-state index contributed by atoms with van der Waals surface area (Å²) in [5.41, 5.74) is 9.40. The first-order chi connectivity index (χ1) is 12.6. The number of methoxy groups -OCH3 is 1. The molecule has 0 bridgehead atoms. The Morgan fingerprint density at radius 2 is 1.96 bits per heavy atom. The molecule has 0 radical (unpaired) electrons. The van der Waals surface area contributed by atoms with Crippen LogP contribution in [0.3, 0.4) is 0 Å². The van der Waals surface area contributed by atoms with E-state index < -0.39 is 0 Å². The molecule has 2 N–H and O–H groups in total. The fourth-order valence-corrected chi connectivity index (χ4v) is 3.64. The quantitative estimate of drug-likeness (QED) is 0.731. The zero-order valence-corrected chi connectivity index (χ0v) is 16.0. The Balaban J connectivity index is 1.40. The Morgan fingerprint density at radius 1 is 1.15 bits per heavy atom. The van der Waals surface area contributed by atoms with Gasteiger partial charge in [0.1, 0.15) is 5.75 Å². The lowest BCUT2D eigenvalue weighted by Gasteiger charge is -2.31. The summed E-state index contributed by atoms with van der Waals surface area (Å²) < 4.78 is 5.22. The first-order valence-corrected chi connectivity index (χ1v) is 9.56. The first-order valence-electron chi connectivity index (χ1n) is 9.18. The second-order valence-corrected chi connectivity index (χ2v) is 7.29. The molecule has 1 aliphatic rings. The summed E-state index contributed by atoms with van der Waals surface area (Å²) in [7, 11) is 1.66. The summed E-state index contributed by atoms with van der Waals surface area (Å²) in [5, 5.41) is 2.87. The third-order valence-corrected chi connectivity index (χ3v) is 5.22. The van der Waals surface area contributed by atoms with Crippen LogP contribution in [0.1, 0.15) is 24.0 Å². The Kier molecular flexibility index (Phi) is 6.78. The van der Waals surface area contributed by atoms with Crippen molar-refractivity contribution in [1.82, 2.24) is 5.06 Å². The minimum Gasteiger partial charge on any atom is -0.497 e. The van der Waals surface area contributed by atoms with E-state index in [1.807, 2.05) is 30.3 Å². The highest BCUT2D eigenvalue weighted by atomic mass is 35.5. The van der Waals surface area contributed by atoms with E-state index in [4.69, 9.17) is 26.9 Å². The maximum absolute atomic E-state index is 6.15. The molecule has 1 fully saturated rings. The van der Waals surface area contributed by atoms with Gasteiger partial charge in [-0.25, -0.2) is 0 Å². The molecule has 2 aromatic rings. The Morgan fingerprint density at radius 3 is 2.65 bits per heavy atom. The van der Waals surface area contributed by atoms with Crippen LogP contribution in [0.2, 0.25) is 5.02 Å².